The summed E-state index contributed by atoms with van der Waals surface area (Å²) in [7, 11) is 0. The second-order valence-corrected chi connectivity index (χ2v) is 5.74. The number of pyridine rings is 1. The van der Waals surface area contributed by atoms with E-state index >= 15 is 0 Å². The summed E-state index contributed by atoms with van der Waals surface area (Å²) in [5.41, 5.74) is 4.08. The Bertz CT molecular complexity index is 357. The van der Waals surface area contributed by atoms with Gasteiger partial charge in [0.15, 0.2) is 0 Å². The van der Waals surface area contributed by atoms with Crippen molar-refractivity contribution in [2.24, 2.45) is 0 Å². The van der Waals surface area contributed by atoms with E-state index in [1.54, 1.807) is 0 Å². The highest BCUT2D eigenvalue weighted by Gasteiger charge is 2.05. The van der Waals surface area contributed by atoms with Gasteiger partial charge in [0.2, 0.25) is 0 Å². The molecule has 0 amide bonds. The molecule has 0 radical (unpaired) electrons. The minimum Gasteiger partial charge on any atom is -0.258 e. The molecule has 2 rings (SSSR count). The molecule has 1 aromatic rings. The van der Waals surface area contributed by atoms with E-state index in [0.717, 1.165) is 0 Å². The summed E-state index contributed by atoms with van der Waals surface area (Å²) >= 11 is 0. The van der Waals surface area contributed by atoms with Crippen molar-refractivity contribution in [1.29, 1.82) is 0 Å². The molecular weight excluding hydrogens is 218 g/mol. The van der Waals surface area contributed by atoms with Gasteiger partial charge in [-0.3, -0.25) is 4.98 Å². The van der Waals surface area contributed by atoms with Gasteiger partial charge in [-0.15, -0.1) is 0 Å². The third kappa shape index (κ3) is 4.44. The Labute approximate surface area is 112 Å². The van der Waals surface area contributed by atoms with E-state index in [0.29, 0.717) is 0 Å². The Kier molecular flexibility index (Phi) is 5.70. The highest BCUT2D eigenvalue weighted by molar-refractivity contribution is 5.23. The first-order valence-electron chi connectivity index (χ1n) is 7.82. The van der Waals surface area contributed by atoms with Crippen LogP contribution in [0.2, 0.25) is 0 Å². The molecule has 1 heteroatoms. The topological polar surface area (TPSA) is 12.9 Å². The van der Waals surface area contributed by atoms with Gasteiger partial charge >= 0.3 is 0 Å². The molecule has 0 saturated carbocycles. The van der Waals surface area contributed by atoms with Gasteiger partial charge in [-0.1, -0.05) is 51.0 Å². The standard InChI is InChI=1S/C17H27N/c1-15-13-14-16-11-9-7-5-3-2-4-6-8-10-12-17(16)18-15/h13-14H,2-12H2,1H3. The van der Waals surface area contributed by atoms with Crippen LogP contribution in [0.3, 0.4) is 0 Å². The second kappa shape index (κ2) is 7.56. The molecule has 100 valence electrons. The molecule has 1 aliphatic rings. The van der Waals surface area contributed by atoms with E-state index in [4.69, 9.17) is 4.98 Å². The van der Waals surface area contributed by atoms with Crippen LogP contribution in [0, 0.1) is 6.92 Å². The van der Waals surface area contributed by atoms with Crippen LogP contribution in [0.15, 0.2) is 12.1 Å². The quantitative estimate of drug-likeness (QED) is 0.627. The molecule has 0 saturated heterocycles. The third-order valence-electron chi connectivity index (χ3n) is 4.07. The van der Waals surface area contributed by atoms with Crippen molar-refractivity contribution < 1.29 is 0 Å². The SMILES string of the molecule is Cc1ccc2c(n1)CCCCCCCCCCC2. The lowest BCUT2D eigenvalue weighted by molar-refractivity contribution is 0.563. The minimum atomic E-state index is 1.18. The zero-order valence-corrected chi connectivity index (χ0v) is 11.9. The van der Waals surface area contributed by atoms with Gasteiger partial charge in [-0.25, -0.2) is 0 Å². The van der Waals surface area contributed by atoms with Crippen molar-refractivity contribution in [3.8, 4) is 0 Å². The van der Waals surface area contributed by atoms with Gasteiger partial charge in [-0.05, 0) is 44.2 Å². The largest absolute Gasteiger partial charge is 0.258 e. The zero-order chi connectivity index (χ0) is 12.6. The second-order valence-electron chi connectivity index (χ2n) is 5.74. The highest BCUT2D eigenvalue weighted by atomic mass is 14.7. The number of aryl methyl sites for hydroxylation is 3. The van der Waals surface area contributed by atoms with Crippen molar-refractivity contribution in [2.75, 3.05) is 0 Å². The smallest absolute Gasteiger partial charge is 0.0438 e. The molecule has 18 heavy (non-hydrogen) atoms. The molecular formula is C17H27N. The fraction of sp³-hybridized carbons (Fsp3) is 0.706. The lowest BCUT2D eigenvalue weighted by Crippen LogP contribution is -2.00. The lowest BCUT2D eigenvalue weighted by atomic mass is 10.0. The summed E-state index contributed by atoms with van der Waals surface area (Å²) in [6.45, 7) is 2.11. The highest BCUT2D eigenvalue weighted by Crippen LogP contribution is 2.18. The van der Waals surface area contributed by atoms with Crippen molar-refractivity contribution in [1.82, 2.24) is 4.98 Å². The van der Waals surface area contributed by atoms with E-state index in [-0.39, 0.29) is 0 Å². The normalized spacial score (nSPS) is 19.2. The number of hydrogen-bond donors (Lipinski definition) is 0. The number of aromatic nitrogens is 1. The van der Waals surface area contributed by atoms with Gasteiger partial charge in [0, 0.05) is 11.4 Å². The summed E-state index contributed by atoms with van der Waals surface area (Å²) < 4.78 is 0. The molecule has 1 aliphatic carbocycles. The minimum absolute atomic E-state index is 1.18. The summed E-state index contributed by atoms with van der Waals surface area (Å²) in [5.74, 6) is 0. The first kappa shape index (κ1) is 13.6. The summed E-state index contributed by atoms with van der Waals surface area (Å²) in [6.07, 6.45) is 15.1. The Morgan fingerprint density at radius 1 is 0.722 bits per heavy atom. The molecule has 1 heterocycles. The summed E-state index contributed by atoms with van der Waals surface area (Å²) in [4.78, 5) is 4.77. The maximum absolute atomic E-state index is 4.77. The molecule has 0 atom stereocenters. The summed E-state index contributed by atoms with van der Waals surface area (Å²) in [6, 6.07) is 4.49. The Balaban J connectivity index is 2.01. The maximum atomic E-state index is 4.77. The maximum Gasteiger partial charge on any atom is 0.0438 e. The number of rotatable bonds is 0. The number of nitrogens with zero attached hydrogens (tertiary/aromatic N) is 1. The average molecular weight is 245 g/mol. The van der Waals surface area contributed by atoms with Gasteiger partial charge in [0.25, 0.3) is 0 Å². The first-order valence-corrected chi connectivity index (χ1v) is 7.82. The van der Waals surface area contributed by atoms with Crippen LogP contribution < -0.4 is 0 Å². The van der Waals surface area contributed by atoms with Gasteiger partial charge in [0.05, 0.1) is 0 Å². The van der Waals surface area contributed by atoms with E-state index in [9.17, 15) is 0 Å². The van der Waals surface area contributed by atoms with E-state index in [1.165, 1.54) is 87.6 Å². The molecule has 0 unspecified atom stereocenters. The molecule has 0 spiro atoms. The van der Waals surface area contributed by atoms with Crippen LogP contribution in [0.25, 0.3) is 0 Å². The van der Waals surface area contributed by atoms with Crippen LogP contribution in [0.1, 0.15) is 74.7 Å². The fourth-order valence-corrected chi connectivity index (χ4v) is 2.93. The summed E-state index contributed by atoms with van der Waals surface area (Å²) in [5, 5.41) is 0. The van der Waals surface area contributed by atoms with E-state index in [2.05, 4.69) is 19.1 Å². The van der Waals surface area contributed by atoms with Crippen LogP contribution in [0.5, 0.6) is 0 Å². The molecule has 1 aromatic heterocycles. The number of hydrogen-bond acceptors (Lipinski definition) is 1. The molecule has 1 nitrogen and oxygen atoms in total. The van der Waals surface area contributed by atoms with Crippen LogP contribution in [0.4, 0.5) is 0 Å². The lowest BCUT2D eigenvalue weighted by Gasteiger charge is -2.09. The third-order valence-corrected chi connectivity index (χ3v) is 4.07. The molecule has 0 aliphatic heterocycles. The monoisotopic (exact) mass is 245 g/mol. The Morgan fingerprint density at radius 3 is 1.94 bits per heavy atom. The molecule has 0 N–H and O–H groups in total. The van der Waals surface area contributed by atoms with Gasteiger partial charge in [-0.2, -0.15) is 0 Å². The van der Waals surface area contributed by atoms with Crippen LogP contribution in [-0.4, -0.2) is 4.98 Å². The van der Waals surface area contributed by atoms with Gasteiger partial charge < -0.3 is 0 Å². The van der Waals surface area contributed by atoms with Crippen molar-refractivity contribution in [3.05, 3.63) is 29.1 Å². The first-order chi connectivity index (χ1) is 8.86. The van der Waals surface area contributed by atoms with Gasteiger partial charge in [0.1, 0.15) is 0 Å². The van der Waals surface area contributed by atoms with Crippen molar-refractivity contribution in [2.45, 2.75) is 77.6 Å². The molecule has 0 bridgehead atoms. The van der Waals surface area contributed by atoms with E-state index in [1.807, 2.05) is 0 Å². The Hall–Kier alpha value is -0.850. The zero-order valence-electron chi connectivity index (χ0n) is 11.9. The van der Waals surface area contributed by atoms with Crippen molar-refractivity contribution >= 4 is 0 Å². The Morgan fingerprint density at radius 2 is 1.28 bits per heavy atom. The van der Waals surface area contributed by atoms with Crippen LogP contribution >= 0.6 is 0 Å². The van der Waals surface area contributed by atoms with Crippen LogP contribution in [-0.2, 0) is 12.8 Å². The molecule has 0 aromatic carbocycles. The average Bonchev–Trinajstić information content (AvgIpc) is 2.39. The predicted octanol–water partition coefficient (Wildman–Crippen LogP) is 5.00. The van der Waals surface area contributed by atoms with E-state index < -0.39 is 0 Å². The fourth-order valence-electron chi connectivity index (χ4n) is 2.93. The predicted molar refractivity (Wildman–Crippen MR) is 77.9 cm³/mol. The number of fused-ring (bicyclic) bond motifs is 1. The molecule has 0 fully saturated rings. The van der Waals surface area contributed by atoms with Crippen molar-refractivity contribution in [3.63, 3.8) is 0 Å².